The number of benzene rings is 2. The molecule has 4 rings (SSSR count). The number of ether oxygens (including phenoxy) is 1. The molecule has 1 fully saturated rings. The first-order valence-corrected chi connectivity index (χ1v) is 9.64. The highest BCUT2D eigenvalue weighted by molar-refractivity contribution is 6.47. The highest BCUT2D eigenvalue weighted by Gasteiger charge is 2.43. The van der Waals surface area contributed by atoms with Gasteiger partial charge >= 0.3 is 0 Å². The van der Waals surface area contributed by atoms with Crippen LogP contribution in [-0.4, -0.2) is 43.0 Å². The number of hydrogen-bond donors (Lipinski definition) is 0. The number of nitrogens with zero attached hydrogens (tertiary/aromatic N) is 2. The van der Waals surface area contributed by atoms with Crippen LogP contribution in [0.3, 0.4) is 0 Å². The average molecular weight is 397 g/mol. The van der Waals surface area contributed by atoms with Gasteiger partial charge in [0.1, 0.15) is 5.70 Å². The van der Waals surface area contributed by atoms with E-state index in [0.29, 0.717) is 48.3 Å². The third-order valence-corrected chi connectivity index (χ3v) is 5.45. The average Bonchev–Trinajstić information content (AvgIpc) is 2.93. The standard InChI is InChI=1S/C22H21ClN2O3/c1-14-7-8-16(15(2)13-14)19-20(24-9-11-28-12-10-24)22(27)25(21(19)26)18-6-4-3-5-17(18)23/h3-8,13H,9-12H2,1-2H3. The minimum absolute atomic E-state index is 0.338. The molecule has 0 N–H and O–H groups in total. The van der Waals surface area contributed by atoms with Gasteiger partial charge in [0.25, 0.3) is 11.8 Å². The maximum atomic E-state index is 13.5. The Kier molecular flexibility index (Phi) is 4.96. The number of amides is 2. The summed E-state index contributed by atoms with van der Waals surface area (Å²) in [6.45, 7) is 6.15. The van der Waals surface area contributed by atoms with Gasteiger partial charge in [0, 0.05) is 13.1 Å². The SMILES string of the molecule is Cc1ccc(C2=C(N3CCOCC3)C(=O)N(c3ccccc3Cl)C2=O)c(C)c1. The molecule has 0 saturated carbocycles. The Hall–Kier alpha value is -2.63. The number of hydrogen-bond acceptors (Lipinski definition) is 4. The van der Waals surface area contributed by atoms with Crippen molar-refractivity contribution in [2.45, 2.75) is 13.8 Å². The van der Waals surface area contributed by atoms with Gasteiger partial charge in [-0.05, 0) is 37.1 Å². The molecule has 0 spiro atoms. The van der Waals surface area contributed by atoms with Crippen LogP contribution in [0.25, 0.3) is 5.57 Å². The third kappa shape index (κ3) is 3.11. The van der Waals surface area contributed by atoms with Gasteiger partial charge in [-0.15, -0.1) is 0 Å². The van der Waals surface area contributed by atoms with E-state index in [1.54, 1.807) is 24.3 Å². The van der Waals surface area contributed by atoms with Crippen molar-refractivity contribution in [3.05, 3.63) is 69.9 Å². The van der Waals surface area contributed by atoms with Crippen LogP contribution in [0.2, 0.25) is 5.02 Å². The fourth-order valence-corrected chi connectivity index (χ4v) is 4.01. The van der Waals surface area contributed by atoms with Gasteiger partial charge in [-0.2, -0.15) is 0 Å². The number of rotatable bonds is 3. The Morgan fingerprint density at radius 3 is 2.36 bits per heavy atom. The number of halogens is 1. The molecule has 1 saturated heterocycles. The quantitative estimate of drug-likeness (QED) is 0.744. The molecule has 0 radical (unpaired) electrons. The van der Waals surface area contributed by atoms with E-state index in [2.05, 4.69) is 0 Å². The molecule has 2 aliphatic rings. The summed E-state index contributed by atoms with van der Waals surface area (Å²) in [7, 11) is 0. The van der Waals surface area contributed by atoms with Crippen molar-refractivity contribution in [3.8, 4) is 0 Å². The second kappa shape index (κ2) is 7.41. The minimum Gasteiger partial charge on any atom is -0.378 e. The van der Waals surface area contributed by atoms with Crippen LogP contribution >= 0.6 is 11.6 Å². The summed E-state index contributed by atoms with van der Waals surface area (Å²) < 4.78 is 5.44. The molecule has 6 heteroatoms. The van der Waals surface area contributed by atoms with Crippen LogP contribution in [0.5, 0.6) is 0 Å². The Labute approximate surface area is 169 Å². The molecular formula is C22H21ClN2O3. The van der Waals surface area contributed by atoms with Crippen molar-refractivity contribution in [1.29, 1.82) is 0 Å². The summed E-state index contributed by atoms with van der Waals surface area (Å²) in [5.74, 6) is -0.679. The van der Waals surface area contributed by atoms with E-state index in [-0.39, 0.29) is 11.8 Å². The van der Waals surface area contributed by atoms with Crippen molar-refractivity contribution in [1.82, 2.24) is 4.90 Å². The van der Waals surface area contributed by atoms with E-state index in [9.17, 15) is 9.59 Å². The van der Waals surface area contributed by atoms with E-state index in [0.717, 1.165) is 16.7 Å². The van der Waals surface area contributed by atoms with Crippen LogP contribution in [0, 0.1) is 13.8 Å². The van der Waals surface area contributed by atoms with E-state index in [1.165, 1.54) is 4.90 Å². The molecule has 0 bridgehead atoms. The molecule has 144 valence electrons. The highest BCUT2D eigenvalue weighted by Crippen LogP contribution is 2.38. The normalized spacial score (nSPS) is 17.7. The van der Waals surface area contributed by atoms with Gasteiger partial charge in [0.05, 0.1) is 29.5 Å². The van der Waals surface area contributed by atoms with Gasteiger partial charge in [-0.1, -0.05) is 47.5 Å². The molecule has 0 aliphatic carbocycles. The van der Waals surface area contributed by atoms with Gasteiger partial charge < -0.3 is 9.64 Å². The van der Waals surface area contributed by atoms with E-state index >= 15 is 0 Å². The lowest BCUT2D eigenvalue weighted by atomic mass is 9.97. The maximum Gasteiger partial charge on any atom is 0.282 e. The highest BCUT2D eigenvalue weighted by atomic mass is 35.5. The van der Waals surface area contributed by atoms with Crippen molar-refractivity contribution in [2.24, 2.45) is 0 Å². The Balaban J connectivity index is 1.88. The first-order chi connectivity index (χ1) is 13.5. The summed E-state index contributed by atoms with van der Waals surface area (Å²) >= 11 is 6.32. The van der Waals surface area contributed by atoms with Gasteiger partial charge in [-0.3, -0.25) is 9.59 Å². The van der Waals surface area contributed by atoms with Crippen molar-refractivity contribution in [3.63, 3.8) is 0 Å². The predicted molar refractivity (Wildman–Crippen MR) is 109 cm³/mol. The number of aryl methyl sites for hydroxylation is 2. The smallest absolute Gasteiger partial charge is 0.282 e. The Morgan fingerprint density at radius 2 is 1.68 bits per heavy atom. The fourth-order valence-electron chi connectivity index (χ4n) is 3.79. The Morgan fingerprint density at radius 1 is 0.964 bits per heavy atom. The van der Waals surface area contributed by atoms with E-state index in [4.69, 9.17) is 16.3 Å². The van der Waals surface area contributed by atoms with Gasteiger partial charge in [0.2, 0.25) is 0 Å². The predicted octanol–water partition coefficient (Wildman–Crippen LogP) is 3.57. The van der Waals surface area contributed by atoms with Crippen LogP contribution in [-0.2, 0) is 14.3 Å². The number of imide groups is 1. The maximum absolute atomic E-state index is 13.5. The minimum atomic E-state index is -0.341. The lowest BCUT2D eigenvalue weighted by molar-refractivity contribution is -0.121. The molecule has 5 nitrogen and oxygen atoms in total. The van der Waals surface area contributed by atoms with Crippen molar-refractivity contribution < 1.29 is 14.3 Å². The molecule has 0 unspecified atom stereocenters. The van der Waals surface area contributed by atoms with Crippen molar-refractivity contribution in [2.75, 3.05) is 31.2 Å². The monoisotopic (exact) mass is 396 g/mol. The zero-order valence-electron chi connectivity index (χ0n) is 15.9. The van der Waals surface area contributed by atoms with Crippen LogP contribution < -0.4 is 4.90 Å². The van der Waals surface area contributed by atoms with Crippen molar-refractivity contribution >= 4 is 34.7 Å². The molecule has 0 atom stereocenters. The zero-order valence-corrected chi connectivity index (χ0v) is 16.6. The largest absolute Gasteiger partial charge is 0.378 e. The summed E-state index contributed by atoms with van der Waals surface area (Å²) in [5, 5.41) is 0.368. The lowest BCUT2D eigenvalue weighted by Gasteiger charge is -2.29. The van der Waals surface area contributed by atoms with Crippen LogP contribution in [0.4, 0.5) is 5.69 Å². The molecule has 2 heterocycles. The number of anilines is 1. The first kappa shape index (κ1) is 18.7. The molecule has 28 heavy (non-hydrogen) atoms. The van der Waals surface area contributed by atoms with E-state index < -0.39 is 0 Å². The first-order valence-electron chi connectivity index (χ1n) is 9.27. The summed E-state index contributed by atoms with van der Waals surface area (Å²) in [6, 6.07) is 12.8. The topological polar surface area (TPSA) is 49.9 Å². The lowest BCUT2D eigenvalue weighted by Crippen LogP contribution is -2.40. The van der Waals surface area contributed by atoms with Gasteiger partial charge in [0.15, 0.2) is 0 Å². The second-order valence-electron chi connectivity index (χ2n) is 7.04. The molecular weight excluding hydrogens is 376 g/mol. The molecule has 2 aromatic rings. The fraction of sp³-hybridized carbons (Fsp3) is 0.273. The number of carbonyl (C=O) groups excluding carboxylic acids is 2. The third-order valence-electron chi connectivity index (χ3n) is 5.13. The molecule has 2 amide bonds. The van der Waals surface area contributed by atoms with E-state index in [1.807, 2.05) is 36.9 Å². The molecule has 2 aliphatic heterocycles. The zero-order chi connectivity index (χ0) is 19.8. The van der Waals surface area contributed by atoms with Gasteiger partial charge in [-0.25, -0.2) is 4.90 Å². The second-order valence-corrected chi connectivity index (χ2v) is 7.45. The van der Waals surface area contributed by atoms with Crippen LogP contribution in [0.1, 0.15) is 16.7 Å². The molecule has 0 aromatic heterocycles. The Bertz CT molecular complexity index is 993. The number of para-hydroxylation sites is 1. The summed E-state index contributed by atoms with van der Waals surface area (Å²) in [4.78, 5) is 30.1. The number of morpholine rings is 1. The summed E-state index contributed by atoms with van der Waals surface area (Å²) in [6.07, 6.45) is 0. The number of carbonyl (C=O) groups is 2. The molecule has 2 aromatic carbocycles. The van der Waals surface area contributed by atoms with Crippen LogP contribution in [0.15, 0.2) is 48.2 Å². The summed E-state index contributed by atoms with van der Waals surface area (Å²) in [5.41, 5.74) is 4.12.